The van der Waals surface area contributed by atoms with Crippen molar-refractivity contribution in [1.82, 2.24) is 14.8 Å². The van der Waals surface area contributed by atoms with Crippen LogP contribution >= 0.6 is 0 Å². The van der Waals surface area contributed by atoms with Crippen LogP contribution in [-0.2, 0) is 16.2 Å². The predicted octanol–water partition coefficient (Wildman–Crippen LogP) is 8.66. The number of nitrogens with one attached hydrogen (secondary N) is 1. The molecule has 0 fully saturated rings. The van der Waals surface area contributed by atoms with Gasteiger partial charge in [-0.15, -0.1) is 0 Å². The summed E-state index contributed by atoms with van der Waals surface area (Å²) >= 11 is 0. The van der Waals surface area contributed by atoms with E-state index in [4.69, 9.17) is 0 Å². The van der Waals surface area contributed by atoms with Crippen molar-refractivity contribution in [3.05, 3.63) is 131 Å². The summed E-state index contributed by atoms with van der Waals surface area (Å²) in [6.07, 6.45) is 1.88. The maximum absolute atomic E-state index is 4.51. The SMILES string of the molecule is C[N+]1=C=[N+](c2cccc(C3(c4ccn[nH]4)c4cc(C(C)(C)C)ccc4-c4ccc(C(C)(C)C)cc43)c2)c2ccccc21. The van der Waals surface area contributed by atoms with Crippen LogP contribution in [0.4, 0.5) is 17.1 Å². The average molecular weight is 551 g/mol. The van der Waals surface area contributed by atoms with E-state index >= 15 is 0 Å². The van der Waals surface area contributed by atoms with E-state index in [0.29, 0.717) is 0 Å². The van der Waals surface area contributed by atoms with Crippen LogP contribution in [0.5, 0.6) is 0 Å². The van der Waals surface area contributed by atoms with Gasteiger partial charge in [-0.1, -0.05) is 107 Å². The molecule has 4 aromatic carbocycles. The molecule has 0 radical (unpaired) electrons. The van der Waals surface area contributed by atoms with Gasteiger partial charge in [-0.25, -0.2) is 0 Å². The molecule has 4 nitrogen and oxygen atoms in total. The Morgan fingerprint density at radius 3 is 1.88 bits per heavy atom. The molecule has 0 bridgehead atoms. The number of hydrogen-bond acceptors (Lipinski definition) is 1. The van der Waals surface area contributed by atoms with E-state index in [1.807, 2.05) is 6.20 Å². The Bertz CT molecular complexity index is 1870. The first-order valence-electron chi connectivity index (χ1n) is 14.8. The van der Waals surface area contributed by atoms with E-state index in [9.17, 15) is 0 Å². The minimum Gasteiger partial charge on any atom is -0.281 e. The first-order valence-corrected chi connectivity index (χ1v) is 14.8. The molecule has 5 aromatic rings. The number of aromatic nitrogens is 2. The van der Waals surface area contributed by atoms with Crippen molar-refractivity contribution >= 4 is 23.1 Å². The summed E-state index contributed by atoms with van der Waals surface area (Å²) in [6, 6.07) is 37.3. The molecule has 0 saturated heterocycles. The van der Waals surface area contributed by atoms with Crippen LogP contribution in [0.2, 0.25) is 0 Å². The van der Waals surface area contributed by atoms with Crippen molar-refractivity contribution in [3.8, 4) is 11.1 Å². The van der Waals surface area contributed by atoms with E-state index in [1.165, 1.54) is 38.9 Å². The molecule has 208 valence electrons. The quantitative estimate of drug-likeness (QED) is 0.220. The average Bonchev–Trinajstić information content (AvgIpc) is 3.68. The molecule has 1 N–H and O–H groups in total. The fourth-order valence-electron chi connectivity index (χ4n) is 6.75. The monoisotopic (exact) mass is 550 g/mol. The second-order valence-corrected chi connectivity index (χ2v) is 13.8. The third kappa shape index (κ3) is 3.79. The van der Waals surface area contributed by atoms with Gasteiger partial charge in [0.15, 0.2) is 7.05 Å². The number of para-hydroxylation sites is 2. The lowest BCUT2D eigenvalue weighted by atomic mass is 9.68. The molecular weight excluding hydrogens is 512 g/mol. The van der Waals surface area contributed by atoms with Gasteiger partial charge in [0, 0.05) is 30.5 Å². The second kappa shape index (κ2) is 8.98. The Morgan fingerprint density at radius 2 is 1.31 bits per heavy atom. The van der Waals surface area contributed by atoms with Crippen molar-refractivity contribution in [2.24, 2.45) is 0 Å². The van der Waals surface area contributed by atoms with Crippen LogP contribution in [0, 0.1) is 0 Å². The molecule has 0 atom stereocenters. The summed E-state index contributed by atoms with van der Waals surface area (Å²) < 4.78 is 4.24. The summed E-state index contributed by atoms with van der Waals surface area (Å²) in [6.45, 7) is 13.8. The summed E-state index contributed by atoms with van der Waals surface area (Å²) in [5, 5.41) is 7.95. The predicted molar refractivity (Wildman–Crippen MR) is 172 cm³/mol. The first-order chi connectivity index (χ1) is 20.0. The lowest BCUT2D eigenvalue weighted by Gasteiger charge is -2.33. The molecule has 0 spiro atoms. The highest BCUT2D eigenvalue weighted by Gasteiger charge is 2.49. The third-order valence-corrected chi connectivity index (χ3v) is 9.05. The third-order valence-electron chi connectivity index (χ3n) is 9.05. The molecule has 1 aliphatic heterocycles. The van der Waals surface area contributed by atoms with Gasteiger partial charge in [0.05, 0.1) is 11.1 Å². The van der Waals surface area contributed by atoms with Crippen LogP contribution in [-0.4, -0.2) is 27.8 Å². The number of benzene rings is 4. The number of H-pyrrole nitrogens is 1. The van der Waals surface area contributed by atoms with Gasteiger partial charge in [-0.2, -0.15) is 5.10 Å². The minimum absolute atomic E-state index is 0.00964. The molecule has 0 amide bonds. The zero-order chi connectivity index (χ0) is 29.4. The van der Waals surface area contributed by atoms with E-state index in [-0.39, 0.29) is 10.8 Å². The highest BCUT2D eigenvalue weighted by atomic mass is 15.2. The van der Waals surface area contributed by atoms with Gasteiger partial charge in [0.2, 0.25) is 5.69 Å². The van der Waals surface area contributed by atoms with E-state index < -0.39 is 5.41 Å². The maximum Gasteiger partial charge on any atom is 0.496 e. The fraction of sp³-hybridized carbons (Fsp3) is 0.263. The molecule has 2 heterocycles. The summed E-state index contributed by atoms with van der Waals surface area (Å²) in [5.74, 6) is 0. The standard InChI is InChI=1S/C38H38N4/c1-36(2,3)25-15-17-29-30-18-16-26(37(4,5)6)23-32(30)38(31(29)22-25,35-19-20-39-40-35)27-11-10-12-28(21-27)42-24-41(7)33-13-8-9-14-34(33)42/h8-23H,1-7H3,(H,39,40)/q+2. The summed E-state index contributed by atoms with van der Waals surface area (Å²) in [7, 11) is 2.06. The maximum atomic E-state index is 4.51. The number of rotatable bonds is 3. The zero-order valence-electron chi connectivity index (χ0n) is 25.6. The fourth-order valence-corrected chi connectivity index (χ4v) is 6.75. The summed E-state index contributed by atoms with van der Waals surface area (Å²) in [5.41, 5.74) is 12.9. The molecule has 1 aliphatic carbocycles. The van der Waals surface area contributed by atoms with Gasteiger partial charge in [0.25, 0.3) is 11.4 Å². The molecule has 0 saturated carbocycles. The molecule has 0 unspecified atom stereocenters. The molecule has 2 aliphatic rings. The number of fused-ring (bicyclic) bond motifs is 4. The van der Waals surface area contributed by atoms with Crippen LogP contribution in [0.3, 0.4) is 0 Å². The van der Waals surface area contributed by atoms with Crippen molar-refractivity contribution in [2.75, 3.05) is 7.05 Å². The normalized spacial score (nSPS) is 15.1. The Labute approximate surface area is 248 Å². The molecule has 4 heteroatoms. The van der Waals surface area contributed by atoms with Crippen molar-refractivity contribution in [1.29, 1.82) is 0 Å². The molecule has 42 heavy (non-hydrogen) atoms. The second-order valence-electron chi connectivity index (χ2n) is 13.8. The highest BCUT2D eigenvalue weighted by Crippen LogP contribution is 2.57. The smallest absolute Gasteiger partial charge is 0.281 e. The van der Waals surface area contributed by atoms with Gasteiger partial charge in [0.1, 0.15) is 0 Å². The first kappa shape index (κ1) is 26.4. The van der Waals surface area contributed by atoms with Gasteiger partial charge in [-0.3, -0.25) is 5.10 Å². The summed E-state index contributed by atoms with van der Waals surface area (Å²) in [4.78, 5) is 0. The van der Waals surface area contributed by atoms with Gasteiger partial charge in [-0.05, 0) is 60.4 Å². The number of hydrogen-bond donors (Lipinski definition) is 1. The van der Waals surface area contributed by atoms with Crippen LogP contribution in [0.15, 0.2) is 97.2 Å². The minimum atomic E-state index is -0.565. The lowest BCUT2D eigenvalue weighted by molar-refractivity contribution is -0.394. The molecular formula is C38H38N4+2. The van der Waals surface area contributed by atoms with Crippen molar-refractivity contribution < 1.29 is 4.58 Å². The Hall–Kier alpha value is -4.53. The van der Waals surface area contributed by atoms with Crippen molar-refractivity contribution in [3.63, 3.8) is 0 Å². The number of aromatic amines is 1. The van der Waals surface area contributed by atoms with Crippen LogP contribution in [0.1, 0.15) is 75.1 Å². The Kier molecular flexibility index (Phi) is 5.64. The van der Waals surface area contributed by atoms with E-state index in [0.717, 1.165) is 22.8 Å². The van der Waals surface area contributed by atoms with Crippen molar-refractivity contribution in [2.45, 2.75) is 57.8 Å². The van der Waals surface area contributed by atoms with E-state index in [1.54, 1.807) is 0 Å². The number of nitrogens with zero attached hydrogens (tertiary/aromatic N) is 3. The lowest BCUT2D eigenvalue weighted by Crippen LogP contribution is -2.30. The molecule has 7 rings (SSSR count). The van der Waals surface area contributed by atoms with Gasteiger partial charge < -0.3 is 0 Å². The molecule has 1 aromatic heterocycles. The zero-order valence-corrected chi connectivity index (χ0v) is 25.6. The van der Waals surface area contributed by atoms with E-state index in [2.05, 4.69) is 165 Å². The van der Waals surface area contributed by atoms with Crippen LogP contribution < -0.4 is 4.58 Å². The Morgan fingerprint density at radius 1 is 0.690 bits per heavy atom. The Balaban J connectivity index is 1.57. The largest absolute Gasteiger partial charge is 0.496 e. The highest BCUT2D eigenvalue weighted by molar-refractivity contribution is 5.87. The van der Waals surface area contributed by atoms with Gasteiger partial charge >= 0.3 is 6.01 Å². The topological polar surface area (TPSA) is 34.7 Å². The van der Waals surface area contributed by atoms with Crippen LogP contribution in [0.25, 0.3) is 11.1 Å².